The molecule has 2 atom stereocenters. The second kappa shape index (κ2) is 7.79. The van der Waals surface area contributed by atoms with Crippen molar-refractivity contribution < 1.29 is 14.6 Å². The van der Waals surface area contributed by atoms with Gasteiger partial charge in [0.15, 0.2) is 0 Å². The van der Waals surface area contributed by atoms with Crippen molar-refractivity contribution in [2.24, 2.45) is 0 Å². The number of aliphatic hydroxyl groups excluding tert-OH is 1. The number of rotatable bonds is 7. The lowest BCUT2D eigenvalue weighted by molar-refractivity contribution is -0.122. The summed E-state index contributed by atoms with van der Waals surface area (Å²) in [5, 5.41) is 11.9. The maximum absolute atomic E-state index is 11.9. The molecule has 0 aromatic heterocycles. The minimum absolute atomic E-state index is 0.0181. The summed E-state index contributed by atoms with van der Waals surface area (Å²) < 4.78 is 5.18. The molecule has 0 aliphatic rings. The quantitative estimate of drug-likeness (QED) is 0.793. The number of benzene rings is 1. The van der Waals surface area contributed by atoms with E-state index in [1.807, 2.05) is 38.1 Å². The number of carbonyl (C=O) groups is 1. The van der Waals surface area contributed by atoms with Crippen LogP contribution in [0.2, 0.25) is 0 Å². The Labute approximate surface area is 114 Å². The van der Waals surface area contributed by atoms with Crippen LogP contribution in [0, 0.1) is 0 Å². The summed E-state index contributed by atoms with van der Waals surface area (Å²) >= 11 is 0. The standard InChI is InChI=1S/C15H23NO3/c1-4-13(10-17)16-15(18)8-11(2)12-6-5-7-14(9-12)19-3/h5-7,9,11,13,17H,4,8,10H2,1-3H3,(H,16,18). The minimum Gasteiger partial charge on any atom is -0.497 e. The number of hydrogen-bond acceptors (Lipinski definition) is 3. The van der Waals surface area contributed by atoms with Crippen LogP contribution >= 0.6 is 0 Å². The Morgan fingerprint density at radius 3 is 2.79 bits per heavy atom. The molecular weight excluding hydrogens is 242 g/mol. The van der Waals surface area contributed by atoms with Gasteiger partial charge in [-0.15, -0.1) is 0 Å². The van der Waals surface area contributed by atoms with Crippen molar-refractivity contribution in [3.63, 3.8) is 0 Å². The van der Waals surface area contributed by atoms with Crippen LogP contribution in [0.1, 0.15) is 38.2 Å². The van der Waals surface area contributed by atoms with Crippen molar-refractivity contribution in [2.75, 3.05) is 13.7 Å². The molecule has 106 valence electrons. The molecule has 19 heavy (non-hydrogen) atoms. The van der Waals surface area contributed by atoms with E-state index in [1.54, 1.807) is 7.11 Å². The van der Waals surface area contributed by atoms with Gasteiger partial charge in [0, 0.05) is 6.42 Å². The van der Waals surface area contributed by atoms with E-state index in [2.05, 4.69) is 5.32 Å². The highest BCUT2D eigenvalue weighted by Crippen LogP contribution is 2.23. The number of amides is 1. The van der Waals surface area contributed by atoms with E-state index in [9.17, 15) is 4.79 Å². The zero-order chi connectivity index (χ0) is 14.3. The van der Waals surface area contributed by atoms with Gasteiger partial charge in [0.05, 0.1) is 19.8 Å². The molecule has 0 bridgehead atoms. The predicted molar refractivity (Wildman–Crippen MR) is 75.3 cm³/mol. The Morgan fingerprint density at radius 2 is 2.21 bits per heavy atom. The molecule has 0 radical (unpaired) electrons. The lowest BCUT2D eigenvalue weighted by Crippen LogP contribution is -2.37. The zero-order valence-electron chi connectivity index (χ0n) is 11.8. The van der Waals surface area contributed by atoms with Crippen LogP contribution in [0.4, 0.5) is 0 Å². The third-order valence-corrected chi connectivity index (χ3v) is 3.23. The molecule has 0 fully saturated rings. The molecule has 2 unspecified atom stereocenters. The van der Waals surface area contributed by atoms with E-state index in [0.29, 0.717) is 6.42 Å². The van der Waals surface area contributed by atoms with Crippen LogP contribution < -0.4 is 10.1 Å². The first-order valence-corrected chi connectivity index (χ1v) is 6.64. The van der Waals surface area contributed by atoms with E-state index >= 15 is 0 Å². The van der Waals surface area contributed by atoms with E-state index < -0.39 is 0 Å². The topological polar surface area (TPSA) is 58.6 Å². The fourth-order valence-corrected chi connectivity index (χ4v) is 1.91. The number of carbonyl (C=O) groups excluding carboxylic acids is 1. The zero-order valence-corrected chi connectivity index (χ0v) is 11.8. The molecular formula is C15H23NO3. The van der Waals surface area contributed by atoms with Crippen LogP contribution in [0.3, 0.4) is 0 Å². The van der Waals surface area contributed by atoms with Crippen LogP contribution in [0.15, 0.2) is 24.3 Å². The SMILES string of the molecule is CCC(CO)NC(=O)CC(C)c1cccc(OC)c1. The molecule has 1 amide bonds. The number of ether oxygens (including phenoxy) is 1. The average molecular weight is 265 g/mol. The van der Waals surface area contributed by atoms with Crippen molar-refractivity contribution in [2.45, 2.75) is 38.6 Å². The first-order chi connectivity index (χ1) is 9.10. The second-order valence-corrected chi connectivity index (χ2v) is 4.74. The van der Waals surface area contributed by atoms with Gasteiger partial charge in [-0.2, -0.15) is 0 Å². The molecule has 1 aromatic carbocycles. The molecule has 0 aliphatic heterocycles. The Bertz CT molecular complexity index is 402. The van der Waals surface area contributed by atoms with Gasteiger partial charge in [-0.05, 0) is 30.0 Å². The van der Waals surface area contributed by atoms with Crippen LogP contribution in [0.25, 0.3) is 0 Å². The van der Waals surface area contributed by atoms with Gasteiger partial charge >= 0.3 is 0 Å². The highest BCUT2D eigenvalue weighted by molar-refractivity contribution is 5.77. The number of methoxy groups -OCH3 is 1. The summed E-state index contributed by atoms with van der Waals surface area (Å²) in [5.41, 5.74) is 1.08. The molecule has 0 heterocycles. The average Bonchev–Trinajstić information content (AvgIpc) is 2.44. The fraction of sp³-hybridized carbons (Fsp3) is 0.533. The van der Waals surface area contributed by atoms with Crippen molar-refractivity contribution in [1.82, 2.24) is 5.32 Å². The summed E-state index contributed by atoms with van der Waals surface area (Å²) in [6, 6.07) is 7.59. The normalized spacial score (nSPS) is 13.7. The first-order valence-electron chi connectivity index (χ1n) is 6.64. The largest absolute Gasteiger partial charge is 0.497 e. The van der Waals surface area contributed by atoms with Crippen LogP contribution in [-0.4, -0.2) is 30.8 Å². The van der Waals surface area contributed by atoms with Gasteiger partial charge in [0.25, 0.3) is 0 Å². The van der Waals surface area contributed by atoms with E-state index in [-0.39, 0.29) is 24.5 Å². The fourth-order valence-electron chi connectivity index (χ4n) is 1.91. The summed E-state index contributed by atoms with van der Waals surface area (Å²) in [6.45, 7) is 3.93. The van der Waals surface area contributed by atoms with Gasteiger partial charge in [-0.25, -0.2) is 0 Å². The number of hydrogen-bond donors (Lipinski definition) is 2. The molecule has 1 rings (SSSR count). The van der Waals surface area contributed by atoms with Crippen molar-refractivity contribution in [1.29, 1.82) is 0 Å². The van der Waals surface area contributed by atoms with E-state index in [1.165, 1.54) is 0 Å². The molecule has 0 aliphatic carbocycles. The highest BCUT2D eigenvalue weighted by atomic mass is 16.5. The van der Waals surface area contributed by atoms with Gasteiger partial charge in [-0.1, -0.05) is 26.0 Å². The van der Waals surface area contributed by atoms with Crippen LogP contribution in [-0.2, 0) is 4.79 Å². The minimum atomic E-state index is -0.148. The maximum atomic E-state index is 11.9. The maximum Gasteiger partial charge on any atom is 0.220 e. The summed E-state index contributed by atoms with van der Waals surface area (Å²) in [5.74, 6) is 0.883. The monoisotopic (exact) mass is 265 g/mol. The Hall–Kier alpha value is -1.55. The summed E-state index contributed by atoms with van der Waals surface area (Å²) in [7, 11) is 1.63. The molecule has 4 heteroatoms. The van der Waals surface area contributed by atoms with E-state index in [0.717, 1.165) is 17.7 Å². The summed E-state index contributed by atoms with van der Waals surface area (Å²) in [4.78, 5) is 11.9. The smallest absolute Gasteiger partial charge is 0.220 e. The van der Waals surface area contributed by atoms with E-state index in [4.69, 9.17) is 9.84 Å². The molecule has 2 N–H and O–H groups in total. The highest BCUT2D eigenvalue weighted by Gasteiger charge is 2.14. The van der Waals surface area contributed by atoms with Gasteiger partial charge in [-0.3, -0.25) is 4.79 Å². The Morgan fingerprint density at radius 1 is 1.47 bits per heavy atom. The lowest BCUT2D eigenvalue weighted by Gasteiger charge is -2.17. The number of aliphatic hydroxyl groups is 1. The molecule has 0 saturated carbocycles. The molecule has 0 saturated heterocycles. The van der Waals surface area contributed by atoms with Gasteiger partial charge in [0.2, 0.25) is 5.91 Å². The van der Waals surface area contributed by atoms with Gasteiger partial charge in [0.1, 0.15) is 5.75 Å². The van der Waals surface area contributed by atoms with Gasteiger partial charge < -0.3 is 15.2 Å². The number of nitrogens with one attached hydrogen (secondary N) is 1. The van der Waals surface area contributed by atoms with Crippen LogP contribution in [0.5, 0.6) is 5.75 Å². The summed E-state index contributed by atoms with van der Waals surface area (Å²) in [6.07, 6.45) is 1.14. The van der Waals surface area contributed by atoms with Crippen molar-refractivity contribution in [3.05, 3.63) is 29.8 Å². The second-order valence-electron chi connectivity index (χ2n) is 4.74. The van der Waals surface area contributed by atoms with Crippen molar-refractivity contribution in [3.8, 4) is 5.75 Å². The molecule has 0 spiro atoms. The third kappa shape index (κ3) is 4.91. The Balaban J connectivity index is 2.58. The lowest BCUT2D eigenvalue weighted by atomic mass is 9.97. The van der Waals surface area contributed by atoms with Crippen molar-refractivity contribution >= 4 is 5.91 Å². The third-order valence-electron chi connectivity index (χ3n) is 3.23. The molecule has 4 nitrogen and oxygen atoms in total. The predicted octanol–water partition coefficient (Wildman–Crippen LogP) is 2.08. The molecule has 1 aromatic rings. The first kappa shape index (κ1) is 15.5. The Kier molecular flexibility index (Phi) is 6.36.